The Morgan fingerprint density at radius 3 is 2.27 bits per heavy atom. The SMILES string of the molecule is Cc1cc(C)c(S(=O)(=O)O[C@@H]2C(=O)N3[C@@H]2SC(C)(C)[C@@H]3C(=O)O)c(C)c1. The highest BCUT2D eigenvalue weighted by molar-refractivity contribution is 8.01. The van der Waals surface area contributed by atoms with Crippen molar-refractivity contribution < 1.29 is 27.3 Å². The lowest BCUT2D eigenvalue weighted by Crippen LogP contribution is -2.66. The fraction of sp³-hybridized carbons (Fsp3) is 0.529. The molecule has 1 aromatic rings. The quantitative estimate of drug-likeness (QED) is 0.609. The number of fused-ring (bicyclic) bond motifs is 1. The topological polar surface area (TPSA) is 101 Å². The zero-order valence-corrected chi connectivity index (χ0v) is 16.8. The largest absolute Gasteiger partial charge is 0.480 e. The number of hydrogen-bond acceptors (Lipinski definition) is 6. The van der Waals surface area contributed by atoms with Crippen LogP contribution in [0.2, 0.25) is 0 Å². The first-order valence-electron chi connectivity index (χ1n) is 8.11. The van der Waals surface area contributed by atoms with Gasteiger partial charge in [0.15, 0.2) is 6.10 Å². The van der Waals surface area contributed by atoms with Crippen LogP contribution in [0.4, 0.5) is 0 Å². The molecule has 0 spiro atoms. The molecule has 0 radical (unpaired) electrons. The minimum atomic E-state index is -4.15. The van der Waals surface area contributed by atoms with Crippen molar-refractivity contribution in [1.82, 2.24) is 4.90 Å². The molecular formula is C17H21NO6S2. The van der Waals surface area contributed by atoms with Crippen molar-refractivity contribution in [2.75, 3.05) is 0 Å². The average Bonchev–Trinajstić information content (AvgIpc) is 2.72. The van der Waals surface area contributed by atoms with E-state index in [9.17, 15) is 23.1 Å². The van der Waals surface area contributed by atoms with Gasteiger partial charge in [-0.3, -0.25) is 4.79 Å². The molecule has 0 aliphatic carbocycles. The summed E-state index contributed by atoms with van der Waals surface area (Å²) in [6.07, 6.45) is -1.20. The number of nitrogens with zero attached hydrogens (tertiary/aromatic N) is 1. The first kappa shape index (κ1) is 19.2. The number of rotatable bonds is 4. The molecule has 2 aliphatic heterocycles. The van der Waals surface area contributed by atoms with E-state index in [1.807, 2.05) is 6.92 Å². The van der Waals surface area contributed by atoms with Crippen molar-refractivity contribution in [3.8, 4) is 0 Å². The van der Waals surface area contributed by atoms with Crippen LogP contribution in [0.25, 0.3) is 0 Å². The van der Waals surface area contributed by atoms with Crippen LogP contribution >= 0.6 is 11.8 Å². The summed E-state index contributed by atoms with van der Waals surface area (Å²) in [7, 11) is -4.15. The van der Waals surface area contributed by atoms with Crippen molar-refractivity contribution in [2.45, 2.75) is 61.8 Å². The number of amides is 1. The highest BCUT2D eigenvalue weighted by Gasteiger charge is 2.65. The summed E-state index contributed by atoms with van der Waals surface area (Å²) >= 11 is 1.25. The van der Waals surface area contributed by atoms with Gasteiger partial charge in [-0.15, -0.1) is 11.8 Å². The van der Waals surface area contributed by atoms with E-state index in [2.05, 4.69) is 0 Å². The van der Waals surface area contributed by atoms with E-state index >= 15 is 0 Å². The average molecular weight is 399 g/mol. The van der Waals surface area contributed by atoms with E-state index < -0.39 is 44.3 Å². The van der Waals surface area contributed by atoms with Crippen LogP contribution in [-0.2, 0) is 23.9 Å². The van der Waals surface area contributed by atoms with Crippen LogP contribution in [0.1, 0.15) is 30.5 Å². The summed E-state index contributed by atoms with van der Waals surface area (Å²) in [6, 6.07) is 2.48. The Morgan fingerprint density at radius 1 is 1.23 bits per heavy atom. The Labute approximate surface area is 156 Å². The summed E-state index contributed by atoms with van der Waals surface area (Å²) in [5.41, 5.74) is 2.03. The van der Waals surface area contributed by atoms with Crippen LogP contribution < -0.4 is 0 Å². The van der Waals surface area contributed by atoms with Crippen LogP contribution in [0, 0.1) is 20.8 Å². The van der Waals surface area contributed by atoms with Crippen molar-refractivity contribution in [3.63, 3.8) is 0 Å². The van der Waals surface area contributed by atoms with Crippen molar-refractivity contribution >= 4 is 33.8 Å². The molecule has 0 saturated carbocycles. The smallest absolute Gasteiger partial charge is 0.327 e. The van der Waals surface area contributed by atoms with Gasteiger partial charge < -0.3 is 10.0 Å². The van der Waals surface area contributed by atoms with E-state index in [1.165, 1.54) is 16.7 Å². The Hall–Kier alpha value is -1.58. The van der Waals surface area contributed by atoms with E-state index in [0.717, 1.165) is 5.56 Å². The molecule has 2 saturated heterocycles. The first-order chi connectivity index (χ1) is 11.9. The number of hydrogen-bond donors (Lipinski definition) is 1. The molecule has 142 valence electrons. The molecule has 2 aliphatic rings. The van der Waals surface area contributed by atoms with Crippen LogP contribution in [0.3, 0.4) is 0 Å². The summed E-state index contributed by atoms with van der Waals surface area (Å²) in [6.45, 7) is 8.68. The molecule has 0 unspecified atom stereocenters. The third kappa shape index (κ3) is 2.82. The van der Waals surface area contributed by atoms with Crippen LogP contribution in [0.15, 0.2) is 17.0 Å². The lowest BCUT2D eigenvalue weighted by Gasteiger charge is -2.42. The molecule has 2 heterocycles. The van der Waals surface area contributed by atoms with E-state index in [0.29, 0.717) is 11.1 Å². The lowest BCUT2D eigenvalue weighted by molar-refractivity contribution is -0.167. The number of thioether (sulfide) groups is 1. The van der Waals surface area contributed by atoms with Gasteiger partial charge in [0.2, 0.25) is 0 Å². The third-order valence-electron chi connectivity index (χ3n) is 4.71. The fourth-order valence-corrected chi connectivity index (χ4v) is 6.95. The molecule has 7 nitrogen and oxygen atoms in total. The number of aliphatic carboxylic acids is 1. The highest BCUT2D eigenvalue weighted by atomic mass is 32.2. The second kappa shape index (κ2) is 5.97. The lowest BCUT2D eigenvalue weighted by atomic mass is 9.97. The molecule has 1 amide bonds. The maximum Gasteiger partial charge on any atom is 0.327 e. The maximum absolute atomic E-state index is 12.8. The zero-order chi connectivity index (χ0) is 19.6. The Bertz CT molecular complexity index is 885. The van der Waals surface area contributed by atoms with Gasteiger partial charge in [-0.05, 0) is 45.7 Å². The Balaban J connectivity index is 1.90. The number of aryl methyl sites for hydroxylation is 3. The van der Waals surface area contributed by atoms with Gasteiger partial charge in [0.1, 0.15) is 11.4 Å². The molecule has 3 atom stereocenters. The summed E-state index contributed by atoms with van der Waals surface area (Å²) < 4.78 is 30.1. The van der Waals surface area contributed by atoms with Gasteiger partial charge >= 0.3 is 5.97 Å². The number of carbonyl (C=O) groups excluding carboxylic acids is 1. The minimum Gasteiger partial charge on any atom is -0.480 e. The molecule has 26 heavy (non-hydrogen) atoms. The second-order valence-electron chi connectivity index (χ2n) is 7.30. The Morgan fingerprint density at radius 2 is 1.77 bits per heavy atom. The molecular weight excluding hydrogens is 378 g/mol. The molecule has 9 heteroatoms. The fourth-order valence-electron chi connectivity index (χ4n) is 3.81. The minimum absolute atomic E-state index is 0.0615. The monoisotopic (exact) mass is 399 g/mol. The van der Waals surface area contributed by atoms with Gasteiger partial charge in [0, 0.05) is 4.75 Å². The van der Waals surface area contributed by atoms with Gasteiger partial charge in [0.05, 0.1) is 4.90 Å². The number of carboxylic acids is 1. The molecule has 1 N–H and O–H groups in total. The van der Waals surface area contributed by atoms with Gasteiger partial charge in [-0.25, -0.2) is 8.98 Å². The summed E-state index contributed by atoms with van der Waals surface area (Å²) in [4.78, 5) is 25.2. The second-order valence-corrected chi connectivity index (χ2v) is 10.6. The number of carbonyl (C=O) groups is 2. The van der Waals surface area contributed by atoms with E-state index in [1.54, 1.807) is 39.8 Å². The van der Waals surface area contributed by atoms with Crippen molar-refractivity contribution in [1.29, 1.82) is 0 Å². The van der Waals surface area contributed by atoms with E-state index in [-0.39, 0.29) is 4.90 Å². The predicted molar refractivity (Wildman–Crippen MR) is 96.4 cm³/mol. The maximum atomic E-state index is 12.8. The Kier molecular flexibility index (Phi) is 4.40. The standard InChI is InChI=1S/C17H21NO6S2/c1-8-6-9(2)12(10(3)7-8)26(22,23)24-11-14(19)18-13(16(20)21)17(4,5)25-15(11)18/h6-7,11,13,15H,1-5H3,(H,20,21)/t11-,13+,15-/m1/s1. The number of benzene rings is 1. The van der Waals surface area contributed by atoms with Crippen LogP contribution in [0.5, 0.6) is 0 Å². The van der Waals surface area contributed by atoms with Crippen molar-refractivity contribution in [3.05, 3.63) is 28.8 Å². The van der Waals surface area contributed by atoms with Gasteiger partial charge in [-0.2, -0.15) is 8.42 Å². The predicted octanol–water partition coefficient (Wildman–Crippen LogP) is 1.83. The molecule has 0 aromatic heterocycles. The molecule has 3 rings (SSSR count). The normalized spacial score (nSPS) is 27.2. The number of β-lactam (4-membered cyclic amide) rings is 1. The molecule has 0 bridgehead atoms. The van der Waals surface area contributed by atoms with E-state index in [4.69, 9.17) is 4.18 Å². The van der Waals surface area contributed by atoms with Gasteiger partial charge in [0.25, 0.3) is 16.0 Å². The van der Waals surface area contributed by atoms with Crippen LogP contribution in [-0.4, -0.2) is 52.6 Å². The summed E-state index contributed by atoms with van der Waals surface area (Å²) in [5.74, 6) is -1.71. The third-order valence-corrected chi connectivity index (χ3v) is 7.86. The first-order valence-corrected chi connectivity index (χ1v) is 10.4. The highest BCUT2D eigenvalue weighted by Crippen LogP contribution is 2.52. The molecule has 1 aromatic carbocycles. The number of carboxylic acid groups (broad SMARTS) is 1. The summed E-state index contributed by atoms with van der Waals surface area (Å²) in [5, 5.41) is 8.79. The van der Waals surface area contributed by atoms with Gasteiger partial charge in [-0.1, -0.05) is 17.7 Å². The zero-order valence-electron chi connectivity index (χ0n) is 15.1. The molecule has 2 fully saturated rings. The van der Waals surface area contributed by atoms with Crippen molar-refractivity contribution in [2.24, 2.45) is 0 Å².